The van der Waals surface area contributed by atoms with Crippen LogP contribution in [0.1, 0.15) is 42.3 Å². The summed E-state index contributed by atoms with van der Waals surface area (Å²) < 4.78 is 54.1. The molecule has 0 saturated heterocycles. The first-order valence-electron chi connectivity index (χ1n) is 11.8. The molecule has 11 heteroatoms. The standard InChI is InChI=1S/C28H24F4N4O3/c1-27(2,3)26(39)33-14-16-4-11-23(29)22(12-16)24(37)35-19-8-5-17-15-34-36(25(38)21(17)13-19)20-9-6-18(7-10-20)28(30,31)32/h4-13,15H,14H2,1-3H3,(H,33,39)(H,35,37). The van der Waals surface area contributed by atoms with Gasteiger partial charge in [-0.3, -0.25) is 14.4 Å². The average molecular weight is 541 g/mol. The fourth-order valence-electron chi connectivity index (χ4n) is 3.70. The number of hydrogen-bond donors (Lipinski definition) is 2. The van der Waals surface area contributed by atoms with Crippen LogP contribution in [0.15, 0.2) is 71.7 Å². The number of anilines is 1. The predicted molar refractivity (Wildman–Crippen MR) is 138 cm³/mol. The van der Waals surface area contributed by atoms with Gasteiger partial charge in [-0.25, -0.2) is 4.39 Å². The van der Waals surface area contributed by atoms with Crippen LogP contribution in [0.4, 0.5) is 23.2 Å². The van der Waals surface area contributed by atoms with Crippen LogP contribution in [-0.4, -0.2) is 21.6 Å². The van der Waals surface area contributed by atoms with Gasteiger partial charge in [0.15, 0.2) is 0 Å². The molecule has 2 amide bonds. The number of halogens is 4. The number of aromatic nitrogens is 2. The SMILES string of the molecule is CC(C)(C)C(=O)NCc1ccc(F)c(C(=O)Nc2ccc3cnn(-c4ccc(C(F)(F)F)cc4)c(=O)c3c2)c1. The Hall–Kier alpha value is -4.54. The topological polar surface area (TPSA) is 93.1 Å². The number of benzene rings is 3. The molecule has 0 spiro atoms. The van der Waals surface area contributed by atoms with Gasteiger partial charge in [-0.05, 0) is 54.1 Å². The fourth-order valence-corrected chi connectivity index (χ4v) is 3.70. The molecular weight excluding hydrogens is 516 g/mol. The molecule has 0 radical (unpaired) electrons. The highest BCUT2D eigenvalue weighted by Gasteiger charge is 2.30. The smallest absolute Gasteiger partial charge is 0.352 e. The zero-order valence-corrected chi connectivity index (χ0v) is 21.2. The molecule has 7 nitrogen and oxygen atoms in total. The summed E-state index contributed by atoms with van der Waals surface area (Å²) in [4.78, 5) is 38.1. The molecule has 0 saturated carbocycles. The van der Waals surface area contributed by atoms with Gasteiger partial charge < -0.3 is 10.6 Å². The number of alkyl halides is 3. The third-order valence-corrected chi connectivity index (χ3v) is 5.90. The Morgan fingerprint density at radius 2 is 1.64 bits per heavy atom. The molecule has 4 aromatic rings. The minimum atomic E-state index is -4.52. The summed E-state index contributed by atoms with van der Waals surface area (Å²) in [7, 11) is 0. The number of nitrogens with zero attached hydrogens (tertiary/aromatic N) is 2. The predicted octanol–water partition coefficient (Wildman–Crippen LogP) is 5.46. The summed E-state index contributed by atoms with van der Waals surface area (Å²) in [5.41, 5.74) is -1.51. The van der Waals surface area contributed by atoms with Crippen molar-refractivity contribution in [3.05, 3.63) is 99.7 Å². The van der Waals surface area contributed by atoms with Crippen molar-refractivity contribution in [2.24, 2.45) is 5.41 Å². The van der Waals surface area contributed by atoms with E-state index in [1.165, 1.54) is 36.5 Å². The van der Waals surface area contributed by atoms with Crippen molar-refractivity contribution in [2.45, 2.75) is 33.5 Å². The zero-order chi connectivity index (χ0) is 28.5. The van der Waals surface area contributed by atoms with Gasteiger partial charge >= 0.3 is 6.18 Å². The molecule has 1 aromatic heterocycles. The highest BCUT2D eigenvalue weighted by molar-refractivity contribution is 6.05. The van der Waals surface area contributed by atoms with Gasteiger partial charge in [-0.15, -0.1) is 0 Å². The van der Waals surface area contributed by atoms with Gasteiger partial charge in [-0.2, -0.15) is 23.0 Å². The quantitative estimate of drug-likeness (QED) is 0.329. The van der Waals surface area contributed by atoms with E-state index < -0.39 is 34.4 Å². The normalized spacial score (nSPS) is 11.9. The molecule has 202 valence electrons. The van der Waals surface area contributed by atoms with Crippen molar-refractivity contribution in [1.29, 1.82) is 0 Å². The number of rotatable bonds is 5. The van der Waals surface area contributed by atoms with Crippen LogP contribution in [0, 0.1) is 11.2 Å². The maximum Gasteiger partial charge on any atom is 0.416 e. The number of hydrogen-bond acceptors (Lipinski definition) is 4. The second kappa shape index (κ2) is 10.3. The Morgan fingerprint density at radius 3 is 2.28 bits per heavy atom. The molecule has 1 heterocycles. The summed E-state index contributed by atoms with van der Waals surface area (Å²) >= 11 is 0. The van der Waals surface area contributed by atoms with Crippen molar-refractivity contribution >= 4 is 28.3 Å². The third-order valence-electron chi connectivity index (χ3n) is 5.90. The van der Waals surface area contributed by atoms with Crippen molar-refractivity contribution in [1.82, 2.24) is 15.1 Å². The Bertz CT molecular complexity index is 1620. The van der Waals surface area contributed by atoms with Crippen LogP contribution in [0.2, 0.25) is 0 Å². The van der Waals surface area contributed by atoms with Crippen LogP contribution < -0.4 is 16.2 Å². The zero-order valence-electron chi connectivity index (χ0n) is 21.2. The Kier molecular flexibility index (Phi) is 7.27. The monoisotopic (exact) mass is 540 g/mol. The molecule has 4 rings (SSSR count). The van der Waals surface area contributed by atoms with E-state index in [9.17, 15) is 31.9 Å². The van der Waals surface area contributed by atoms with Crippen molar-refractivity contribution in [3.63, 3.8) is 0 Å². The summed E-state index contributed by atoms with van der Waals surface area (Å²) in [5, 5.41) is 9.90. The molecule has 0 bridgehead atoms. The Balaban J connectivity index is 1.58. The Labute approximate surface area is 220 Å². The summed E-state index contributed by atoms with van der Waals surface area (Å²) in [6, 6.07) is 12.3. The lowest BCUT2D eigenvalue weighted by Crippen LogP contribution is -2.34. The number of amides is 2. The van der Waals surface area contributed by atoms with Gasteiger partial charge in [0.1, 0.15) is 5.82 Å². The van der Waals surface area contributed by atoms with E-state index in [2.05, 4.69) is 15.7 Å². The molecule has 0 fully saturated rings. The highest BCUT2D eigenvalue weighted by atomic mass is 19.4. The maximum atomic E-state index is 14.5. The van der Waals surface area contributed by atoms with E-state index in [1.807, 2.05) is 0 Å². The van der Waals surface area contributed by atoms with E-state index in [-0.39, 0.29) is 34.8 Å². The van der Waals surface area contributed by atoms with Gasteiger partial charge in [-0.1, -0.05) is 32.9 Å². The van der Waals surface area contributed by atoms with Crippen LogP contribution in [0.5, 0.6) is 0 Å². The van der Waals surface area contributed by atoms with Crippen LogP contribution in [-0.2, 0) is 17.5 Å². The van der Waals surface area contributed by atoms with E-state index in [0.29, 0.717) is 10.9 Å². The number of nitrogens with one attached hydrogen (secondary N) is 2. The molecule has 0 atom stereocenters. The largest absolute Gasteiger partial charge is 0.416 e. The van der Waals surface area contributed by atoms with E-state index in [4.69, 9.17) is 0 Å². The highest BCUT2D eigenvalue weighted by Crippen LogP contribution is 2.29. The summed E-state index contributed by atoms with van der Waals surface area (Å²) in [6.45, 7) is 5.36. The first-order valence-corrected chi connectivity index (χ1v) is 11.8. The van der Waals surface area contributed by atoms with Crippen LogP contribution in [0.25, 0.3) is 16.5 Å². The van der Waals surface area contributed by atoms with Crippen LogP contribution in [0.3, 0.4) is 0 Å². The second-order valence-electron chi connectivity index (χ2n) is 9.91. The van der Waals surface area contributed by atoms with Crippen molar-refractivity contribution < 1.29 is 27.2 Å². The van der Waals surface area contributed by atoms with Gasteiger partial charge in [0, 0.05) is 23.0 Å². The van der Waals surface area contributed by atoms with Gasteiger partial charge in [0.2, 0.25) is 5.91 Å². The number of carbonyl (C=O) groups excluding carboxylic acids is 2. The molecule has 3 aromatic carbocycles. The lowest BCUT2D eigenvalue weighted by Gasteiger charge is -2.18. The van der Waals surface area contributed by atoms with E-state index >= 15 is 0 Å². The lowest BCUT2D eigenvalue weighted by molar-refractivity contribution is -0.137. The molecule has 0 aliphatic carbocycles. The first-order chi connectivity index (χ1) is 18.2. The van der Waals surface area contributed by atoms with Crippen molar-refractivity contribution in [2.75, 3.05) is 5.32 Å². The number of fused-ring (bicyclic) bond motifs is 1. The maximum absolute atomic E-state index is 14.5. The molecule has 2 N–H and O–H groups in total. The molecule has 39 heavy (non-hydrogen) atoms. The minimum Gasteiger partial charge on any atom is -0.352 e. The Morgan fingerprint density at radius 1 is 0.949 bits per heavy atom. The summed E-state index contributed by atoms with van der Waals surface area (Å²) in [6.07, 6.45) is -3.15. The van der Waals surface area contributed by atoms with Gasteiger partial charge in [0.25, 0.3) is 11.5 Å². The molecule has 0 aliphatic rings. The molecular formula is C28H24F4N4O3. The third kappa shape index (κ3) is 6.14. The van der Waals surface area contributed by atoms with Gasteiger partial charge in [0.05, 0.1) is 28.4 Å². The van der Waals surface area contributed by atoms with E-state index in [0.717, 1.165) is 35.0 Å². The fraction of sp³-hybridized carbons (Fsp3) is 0.214. The van der Waals surface area contributed by atoms with Crippen LogP contribution >= 0.6 is 0 Å². The average Bonchev–Trinajstić information content (AvgIpc) is 2.87. The first kappa shape index (κ1) is 27.5. The number of carbonyl (C=O) groups is 2. The minimum absolute atomic E-state index is 0.100. The second-order valence-corrected chi connectivity index (χ2v) is 9.91. The summed E-state index contributed by atoms with van der Waals surface area (Å²) in [5.74, 6) is -1.74. The lowest BCUT2D eigenvalue weighted by atomic mass is 9.95. The van der Waals surface area contributed by atoms with Crippen molar-refractivity contribution in [3.8, 4) is 5.69 Å². The van der Waals surface area contributed by atoms with E-state index in [1.54, 1.807) is 20.8 Å². The molecule has 0 unspecified atom stereocenters. The molecule has 0 aliphatic heterocycles.